The van der Waals surface area contributed by atoms with Gasteiger partial charge in [-0.2, -0.15) is 4.99 Å². The summed E-state index contributed by atoms with van der Waals surface area (Å²) in [6.07, 6.45) is 0. The summed E-state index contributed by atoms with van der Waals surface area (Å²) in [5.41, 5.74) is 12.1. The molecule has 0 bridgehead atoms. The van der Waals surface area contributed by atoms with Crippen LogP contribution in [0.3, 0.4) is 0 Å². The van der Waals surface area contributed by atoms with Gasteiger partial charge in [0.2, 0.25) is 11.9 Å². The third kappa shape index (κ3) is 2.84. The van der Waals surface area contributed by atoms with Crippen LogP contribution in [0.1, 0.15) is 20.8 Å². The molecular formula is C13H19N5S. The predicted molar refractivity (Wildman–Crippen MR) is 82.6 cm³/mol. The van der Waals surface area contributed by atoms with Crippen LogP contribution in [0.5, 0.6) is 0 Å². The zero-order valence-electron chi connectivity index (χ0n) is 11.4. The largest absolute Gasteiger partial charge is 0.369 e. The molecule has 0 unspecified atom stereocenters. The van der Waals surface area contributed by atoms with Crippen molar-refractivity contribution < 1.29 is 0 Å². The van der Waals surface area contributed by atoms with E-state index in [0.29, 0.717) is 5.96 Å². The van der Waals surface area contributed by atoms with E-state index in [2.05, 4.69) is 29.0 Å². The van der Waals surface area contributed by atoms with Gasteiger partial charge in [-0.3, -0.25) is 4.90 Å². The summed E-state index contributed by atoms with van der Waals surface area (Å²) in [4.78, 5) is 11.5. The molecule has 6 heteroatoms. The number of thioether (sulfide) groups is 1. The molecule has 0 aliphatic carbocycles. The van der Waals surface area contributed by atoms with Crippen molar-refractivity contribution in [2.24, 2.45) is 21.5 Å². The molecule has 1 aromatic carbocycles. The van der Waals surface area contributed by atoms with E-state index in [-0.39, 0.29) is 5.96 Å². The molecule has 0 amide bonds. The first-order valence-electron chi connectivity index (χ1n) is 6.16. The van der Waals surface area contributed by atoms with E-state index in [1.807, 2.05) is 30.9 Å². The van der Waals surface area contributed by atoms with E-state index in [4.69, 9.17) is 11.5 Å². The second-order valence-electron chi connectivity index (χ2n) is 4.70. The number of nitrogens with two attached hydrogens (primary N) is 2. The third-order valence-electron chi connectivity index (χ3n) is 2.80. The van der Waals surface area contributed by atoms with Gasteiger partial charge >= 0.3 is 0 Å². The molecule has 0 fully saturated rings. The van der Waals surface area contributed by atoms with Crippen LogP contribution in [0.4, 0.5) is 5.69 Å². The van der Waals surface area contributed by atoms with Crippen molar-refractivity contribution in [3.63, 3.8) is 0 Å². The lowest BCUT2D eigenvalue weighted by Crippen LogP contribution is -2.54. The zero-order valence-corrected chi connectivity index (χ0v) is 12.2. The summed E-state index contributed by atoms with van der Waals surface area (Å²) < 4.78 is 0. The lowest BCUT2D eigenvalue weighted by atomic mass is 10.1. The van der Waals surface area contributed by atoms with Crippen LogP contribution in [-0.4, -0.2) is 23.3 Å². The fourth-order valence-corrected chi connectivity index (χ4v) is 2.77. The molecule has 2 rings (SSSR count). The molecule has 4 N–H and O–H groups in total. The van der Waals surface area contributed by atoms with Crippen molar-refractivity contribution in [1.82, 2.24) is 0 Å². The average molecular weight is 277 g/mol. The molecule has 19 heavy (non-hydrogen) atoms. The Morgan fingerprint density at radius 1 is 1.21 bits per heavy atom. The second-order valence-corrected chi connectivity index (χ2v) is 6.03. The molecule has 1 heterocycles. The van der Waals surface area contributed by atoms with Gasteiger partial charge in [0, 0.05) is 10.6 Å². The van der Waals surface area contributed by atoms with E-state index in [1.165, 1.54) is 4.90 Å². The van der Waals surface area contributed by atoms with Crippen molar-refractivity contribution >= 4 is 29.4 Å². The van der Waals surface area contributed by atoms with Crippen LogP contribution in [0.2, 0.25) is 0 Å². The maximum Gasteiger partial charge on any atom is 0.220 e. The summed E-state index contributed by atoms with van der Waals surface area (Å²) in [5.74, 6) is 1.64. The highest BCUT2D eigenvalue weighted by molar-refractivity contribution is 7.99. The Labute approximate surface area is 117 Å². The number of benzene rings is 1. The molecule has 1 aliphatic rings. The van der Waals surface area contributed by atoms with Crippen LogP contribution in [0.15, 0.2) is 39.1 Å². The van der Waals surface area contributed by atoms with Crippen molar-refractivity contribution in [3.05, 3.63) is 24.3 Å². The van der Waals surface area contributed by atoms with Crippen LogP contribution in [0.25, 0.3) is 0 Å². The van der Waals surface area contributed by atoms with Crippen molar-refractivity contribution in [2.45, 2.75) is 31.3 Å². The van der Waals surface area contributed by atoms with Crippen LogP contribution in [0, 0.1) is 0 Å². The number of nitrogens with zero attached hydrogens (tertiary/aromatic N) is 3. The monoisotopic (exact) mass is 277 g/mol. The quantitative estimate of drug-likeness (QED) is 0.828. The van der Waals surface area contributed by atoms with Crippen molar-refractivity contribution in [1.29, 1.82) is 0 Å². The molecule has 1 aromatic rings. The molecule has 0 spiro atoms. The van der Waals surface area contributed by atoms with E-state index < -0.39 is 5.66 Å². The third-order valence-corrected chi connectivity index (χ3v) is 3.69. The number of guanidine groups is 2. The fraction of sp³-hybridized carbons (Fsp3) is 0.385. The van der Waals surface area contributed by atoms with Crippen LogP contribution in [-0.2, 0) is 0 Å². The SMILES string of the molecule is CCSc1ccc(N2C(N)=NC(N)=NC2(C)C)cc1. The van der Waals surface area contributed by atoms with Gasteiger partial charge in [0.05, 0.1) is 0 Å². The minimum absolute atomic E-state index is 0.219. The molecule has 0 atom stereocenters. The van der Waals surface area contributed by atoms with Crippen molar-refractivity contribution in [3.8, 4) is 0 Å². The molecule has 102 valence electrons. The van der Waals surface area contributed by atoms with Crippen LogP contribution >= 0.6 is 11.8 Å². The Bertz CT molecular complexity index is 518. The Morgan fingerprint density at radius 3 is 2.37 bits per heavy atom. The van der Waals surface area contributed by atoms with Gasteiger partial charge in [-0.15, -0.1) is 11.8 Å². The first-order valence-corrected chi connectivity index (χ1v) is 7.15. The standard InChI is InChI=1S/C13H19N5S/c1-4-19-10-7-5-9(6-8-10)18-12(15)16-11(14)17-13(18,2)3/h5-8H,4H2,1-3H3,(H4,14,15,16,17). The summed E-state index contributed by atoms with van der Waals surface area (Å²) in [6, 6.07) is 8.21. The van der Waals surface area contributed by atoms with E-state index in [0.717, 1.165) is 11.4 Å². The summed E-state index contributed by atoms with van der Waals surface area (Å²) in [7, 11) is 0. The number of anilines is 1. The molecule has 0 saturated heterocycles. The molecule has 5 nitrogen and oxygen atoms in total. The van der Waals surface area contributed by atoms with Gasteiger partial charge in [0.15, 0.2) is 0 Å². The Balaban J connectivity index is 2.33. The van der Waals surface area contributed by atoms with Crippen LogP contribution < -0.4 is 16.4 Å². The number of aliphatic imine (C=N–C) groups is 2. The highest BCUT2D eigenvalue weighted by Crippen LogP contribution is 2.29. The number of hydrogen-bond acceptors (Lipinski definition) is 6. The first kappa shape index (κ1) is 13.7. The Morgan fingerprint density at radius 2 is 1.84 bits per heavy atom. The first-order chi connectivity index (χ1) is 8.94. The fourth-order valence-electron chi connectivity index (χ4n) is 2.11. The highest BCUT2D eigenvalue weighted by atomic mass is 32.2. The van der Waals surface area contributed by atoms with E-state index in [1.54, 1.807) is 11.8 Å². The van der Waals surface area contributed by atoms with Gasteiger partial charge in [0.1, 0.15) is 5.66 Å². The predicted octanol–water partition coefficient (Wildman–Crippen LogP) is 1.98. The lowest BCUT2D eigenvalue weighted by molar-refractivity contribution is 0.534. The molecule has 0 aromatic heterocycles. The smallest absolute Gasteiger partial charge is 0.220 e. The summed E-state index contributed by atoms with van der Waals surface area (Å²) in [5, 5.41) is 0. The van der Waals surface area contributed by atoms with Crippen molar-refractivity contribution in [2.75, 3.05) is 10.7 Å². The Hall–Kier alpha value is -1.69. The molecule has 0 radical (unpaired) electrons. The topological polar surface area (TPSA) is 80.0 Å². The highest BCUT2D eigenvalue weighted by Gasteiger charge is 2.32. The number of rotatable bonds is 3. The van der Waals surface area contributed by atoms with Gasteiger partial charge in [-0.05, 0) is 43.9 Å². The second kappa shape index (κ2) is 5.13. The maximum atomic E-state index is 5.98. The molecule has 0 saturated carbocycles. The van der Waals surface area contributed by atoms with Gasteiger partial charge < -0.3 is 11.5 Å². The summed E-state index contributed by atoms with van der Waals surface area (Å²) >= 11 is 1.80. The van der Waals surface area contributed by atoms with E-state index in [9.17, 15) is 0 Å². The van der Waals surface area contributed by atoms with Gasteiger partial charge in [-0.25, -0.2) is 4.99 Å². The van der Waals surface area contributed by atoms with Gasteiger partial charge in [0.25, 0.3) is 0 Å². The summed E-state index contributed by atoms with van der Waals surface area (Å²) in [6.45, 7) is 6.04. The average Bonchev–Trinajstić information content (AvgIpc) is 2.29. The zero-order chi connectivity index (χ0) is 14.0. The Kier molecular flexibility index (Phi) is 3.71. The normalized spacial score (nSPS) is 17.9. The number of hydrogen-bond donors (Lipinski definition) is 2. The lowest BCUT2D eigenvalue weighted by Gasteiger charge is -2.38. The van der Waals surface area contributed by atoms with Gasteiger partial charge in [-0.1, -0.05) is 6.92 Å². The molecular weight excluding hydrogens is 258 g/mol. The minimum Gasteiger partial charge on any atom is -0.369 e. The maximum absolute atomic E-state index is 5.98. The minimum atomic E-state index is -0.532. The van der Waals surface area contributed by atoms with E-state index >= 15 is 0 Å². The molecule has 1 aliphatic heterocycles.